The van der Waals surface area contributed by atoms with Crippen LogP contribution in [0.2, 0.25) is 0 Å². The van der Waals surface area contributed by atoms with E-state index >= 15 is 0 Å². The number of nitrogens with one attached hydrogen (secondary N) is 1. The van der Waals surface area contributed by atoms with Crippen molar-refractivity contribution < 1.29 is 0 Å². The Bertz CT molecular complexity index is 159. The minimum Gasteiger partial charge on any atom is -0.348 e. The molecule has 3 nitrogen and oxygen atoms in total. The monoisotopic (exact) mass is 121 g/mol. The molecule has 1 atom stereocenters. The molecule has 1 aromatic heterocycles. The third-order valence-corrected chi connectivity index (χ3v) is 1.01. The van der Waals surface area contributed by atoms with Gasteiger partial charge in [0.1, 0.15) is 0 Å². The topological polar surface area (TPSA) is 54.7 Å². The molecule has 0 bridgehead atoms. The lowest BCUT2D eigenvalue weighted by molar-refractivity contribution is 0.864. The molecule has 9 heavy (non-hydrogen) atoms. The van der Waals surface area contributed by atoms with Gasteiger partial charge in [0.25, 0.3) is 0 Å². The highest BCUT2D eigenvalue weighted by Gasteiger charge is 1.95. The summed E-state index contributed by atoms with van der Waals surface area (Å²) in [5.41, 5.74) is 6.29. The Hall–Kier alpha value is -0.765. The minimum absolute atomic E-state index is 0.287. The lowest BCUT2D eigenvalue weighted by Gasteiger charge is -1.99. The lowest BCUT2D eigenvalue weighted by Crippen LogP contribution is -2.22. The normalized spacial score (nSPS) is 13.4. The first-order chi connectivity index (χ1) is 4.29. The Morgan fingerprint density at radius 1 is 1.89 bits per heavy atom. The Balaban J connectivity index is 2.48. The van der Waals surface area contributed by atoms with Crippen LogP contribution in [0.3, 0.4) is 0 Å². The highest BCUT2D eigenvalue weighted by atomic mass is 14.9. The molecule has 2 radical (unpaired) electrons. The number of nitrogens with zero attached hydrogens (tertiary/aromatic N) is 1. The summed E-state index contributed by atoms with van der Waals surface area (Å²) in [5, 5.41) is 0. The molecule has 3 N–H and O–H groups in total. The van der Waals surface area contributed by atoms with Crippen molar-refractivity contribution in [1.29, 1.82) is 0 Å². The number of aromatic amines is 1. The Labute approximate surface area is 55.1 Å². The zero-order valence-electron chi connectivity index (χ0n) is 5.04. The molecule has 0 saturated carbocycles. The summed E-state index contributed by atoms with van der Waals surface area (Å²) in [5.74, 6) is -0.287. The highest BCUT2D eigenvalue weighted by Crippen LogP contribution is 1.92. The van der Waals surface area contributed by atoms with E-state index < -0.39 is 0 Å². The van der Waals surface area contributed by atoms with Crippen LogP contribution in [0.15, 0.2) is 12.5 Å². The van der Waals surface area contributed by atoms with Crippen molar-refractivity contribution in [3.8, 4) is 0 Å². The molecule has 0 spiro atoms. The Kier molecular flexibility index (Phi) is 1.90. The molecule has 1 unspecified atom stereocenters. The van der Waals surface area contributed by atoms with Gasteiger partial charge in [-0.25, -0.2) is 4.98 Å². The molecular formula is C5H8BN3. The van der Waals surface area contributed by atoms with E-state index in [0.717, 1.165) is 5.69 Å². The summed E-state index contributed by atoms with van der Waals surface area (Å²) in [4.78, 5) is 6.71. The van der Waals surface area contributed by atoms with Crippen molar-refractivity contribution in [1.82, 2.24) is 9.97 Å². The van der Waals surface area contributed by atoms with E-state index in [1.54, 1.807) is 12.5 Å². The Morgan fingerprint density at radius 2 is 2.67 bits per heavy atom. The van der Waals surface area contributed by atoms with E-state index in [0.29, 0.717) is 6.42 Å². The lowest BCUT2D eigenvalue weighted by atomic mass is 9.93. The number of hydrogen-bond acceptors (Lipinski definition) is 2. The van der Waals surface area contributed by atoms with Crippen LogP contribution in [0.5, 0.6) is 0 Å². The van der Waals surface area contributed by atoms with Crippen molar-refractivity contribution in [3.63, 3.8) is 0 Å². The average molecular weight is 121 g/mol. The summed E-state index contributed by atoms with van der Waals surface area (Å²) in [6.07, 6.45) is 3.98. The van der Waals surface area contributed by atoms with Crippen LogP contribution in [0.4, 0.5) is 0 Å². The SMILES string of the molecule is [B]C(N)Cc1cnc[nH]1. The largest absolute Gasteiger partial charge is 0.348 e. The van der Waals surface area contributed by atoms with Crippen LogP contribution in [-0.2, 0) is 6.42 Å². The van der Waals surface area contributed by atoms with E-state index in [1.807, 2.05) is 0 Å². The predicted octanol–water partition coefficient (Wildman–Crippen LogP) is -0.595. The summed E-state index contributed by atoms with van der Waals surface area (Å²) >= 11 is 0. The van der Waals surface area contributed by atoms with Gasteiger partial charge in [0, 0.05) is 11.9 Å². The summed E-state index contributed by atoms with van der Waals surface area (Å²) < 4.78 is 0. The third-order valence-electron chi connectivity index (χ3n) is 1.01. The molecule has 0 saturated heterocycles. The molecule has 0 aliphatic carbocycles. The van der Waals surface area contributed by atoms with Gasteiger partial charge < -0.3 is 10.7 Å². The van der Waals surface area contributed by atoms with Gasteiger partial charge in [0.2, 0.25) is 0 Å². The molecule has 46 valence electrons. The van der Waals surface area contributed by atoms with Gasteiger partial charge in [0.05, 0.1) is 14.2 Å². The molecule has 1 heterocycles. The van der Waals surface area contributed by atoms with Crippen molar-refractivity contribution in [2.45, 2.75) is 12.4 Å². The second kappa shape index (κ2) is 2.68. The highest BCUT2D eigenvalue weighted by molar-refractivity contribution is 6.11. The van der Waals surface area contributed by atoms with E-state index in [4.69, 9.17) is 13.6 Å². The maximum atomic E-state index is 5.31. The van der Waals surface area contributed by atoms with Crippen molar-refractivity contribution in [2.24, 2.45) is 5.73 Å². The van der Waals surface area contributed by atoms with Crippen molar-refractivity contribution >= 4 is 7.85 Å². The summed E-state index contributed by atoms with van der Waals surface area (Å²) in [6, 6.07) is 0. The van der Waals surface area contributed by atoms with Crippen LogP contribution in [0.1, 0.15) is 5.69 Å². The smallest absolute Gasteiger partial charge is 0.0921 e. The minimum atomic E-state index is -0.287. The fraction of sp³-hybridized carbons (Fsp3) is 0.400. The molecule has 4 heteroatoms. The molecule has 0 fully saturated rings. The van der Waals surface area contributed by atoms with Crippen molar-refractivity contribution in [2.75, 3.05) is 0 Å². The first kappa shape index (κ1) is 6.36. The second-order valence-corrected chi connectivity index (χ2v) is 1.94. The van der Waals surface area contributed by atoms with E-state index in [2.05, 4.69) is 9.97 Å². The second-order valence-electron chi connectivity index (χ2n) is 1.94. The van der Waals surface area contributed by atoms with E-state index in [-0.39, 0.29) is 5.94 Å². The van der Waals surface area contributed by atoms with Crippen LogP contribution >= 0.6 is 0 Å². The van der Waals surface area contributed by atoms with Gasteiger partial charge in [-0.05, 0) is 12.4 Å². The molecule has 1 aromatic rings. The zero-order valence-corrected chi connectivity index (χ0v) is 5.04. The third kappa shape index (κ3) is 1.89. The number of imidazole rings is 1. The molecule has 0 aliphatic rings. The number of H-pyrrole nitrogens is 1. The van der Waals surface area contributed by atoms with Gasteiger partial charge in [0.15, 0.2) is 0 Å². The Morgan fingerprint density at radius 3 is 3.11 bits per heavy atom. The number of aromatic nitrogens is 2. The first-order valence-electron chi connectivity index (χ1n) is 2.77. The zero-order chi connectivity index (χ0) is 6.69. The quantitative estimate of drug-likeness (QED) is 0.513. The van der Waals surface area contributed by atoms with Gasteiger partial charge in [-0.2, -0.15) is 0 Å². The van der Waals surface area contributed by atoms with Gasteiger partial charge in [-0.3, -0.25) is 0 Å². The average Bonchev–Trinajstić information content (AvgIpc) is 2.15. The number of hydrogen-bond donors (Lipinski definition) is 2. The molecule has 0 amide bonds. The summed E-state index contributed by atoms with van der Waals surface area (Å²) in [7, 11) is 5.31. The van der Waals surface area contributed by atoms with Crippen LogP contribution < -0.4 is 5.73 Å². The molecule has 1 rings (SSSR count). The van der Waals surface area contributed by atoms with Gasteiger partial charge >= 0.3 is 0 Å². The van der Waals surface area contributed by atoms with Crippen molar-refractivity contribution in [3.05, 3.63) is 18.2 Å². The fourth-order valence-corrected chi connectivity index (χ4v) is 0.650. The molecule has 0 aromatic carbocycles. The van der Waals surface area contributed by atoms with Crippen LogP contribution in [0.25, 0.3) is 0 Å². The summed E-state index contributed by atoms with van der Waals surface area (Å²) in [6.45, 7) is 0. The van der Waals surface area contributed by atoms with Gasteiger partial charge in [-0.15, -0.1) is 0 Å². The fourth-order valence-electron chi connectivity index (χ4n) is 0.650. The van der Waals surface area contributed by atoms with E-state index in [1.165, 1.54) is 0 Å². The first-order valence-corrected chi connectivity index (χ1v) is 2.77. The van der Waals surface area contributed by atoms with E-state index in [9.17, 15) is 0 Å². The predicted molar refractivity (Wildman–Crippen MR) is 36.0 cm³/mol. The number of nitrogens with two attached hydrogens (primary N) is 1. The molecule has 0 aliphatic heterocycles. The standard InChI is InChI=1S/C5H8BN3/c6-5(7)1-4-2-8-3-9-4/h2-3,5H,1,7H2,(H,8,9). The maximum absolute atomic E-state index is 5.31. The number of rotatable bonds is 2. The molecular weight excluding hydrogens is 113 g/mol. The maximum Gasteiger partial charge on any atom is 0.0921 e. The van der Waals surface area contributed by atoms with Crippen LogP contribution in [0, 0.1) is 0 Å². The van der Waals surface area contributed by atoms with Gasteiger partial charge in [-0.1, -0.05) is 0 Å². The van der Waals surface area contributed by atoms with Crippen LogP contribution in [-0.4, -0.2) is 23.8 Å².